The maximum absolute atomic E-state index is 13.3. The third-order valence-electron chi connectivity index (χ3n) is 2.53. The van der Waals surface area contributed by atoms with Gasteiger partial charge in [0.05, 0.1) is 11.1 Å². The molecule has 2 aromatic rings. The first-order valence-electron chi connectivity index (χ1n) is 5.64. The second-order valence-electron chi connectivity index (χ2n) is 3.95. The van der Waals surface area contributed by atoms with Gasteiger partial charge in [-0.25, -0.2) is 4.39 Å². The van der Waals surface area contributed by atoms with Crippen molar-refractivity contribution in [2.75, 3.05) is 0 Å². The summed E-state index contributed by atoms with van der Waals surface area (Å²) in [7, 11) is 0. The Hall–Kier alpha value is -1.46. The number of hydrogen-bond donors (Lipinski definition) is 1. The predicted octanol–water partition coefficient (Wildman–Crippen LogP) is 2.86. The van der Waals surface area contributed by atoms with Crippen LogP contribution in [-0.2, 0) is 6.42 Å². The van der Waals surface area contributed by atoms with Gasteiger partial charge in [-0.05, 0) is 24.1 Å². The van der Waals surface area contributed by atoms with Crippen LogP contribution in [0.1, 0.15) is 36.7 Å². The van der Waals surface area contributed by atoms with E-state index in [1.54, 1.807) is 6.07 Å². The number of nitrogens with zero attached hydrogens (tertiary/aromatic N) is 2. The molecule has 0 radical (unpaired) electrons. The van der Waals surface area contributed by atoms with E-state index in [9.17, 15) is 4.39 Å². The summed E-state index contributed by atoms with van der Waals surface area (Å²) in [6.45, 7) is 2.01. The minimum Gasteiger partial charge on any atom is -0.339 e. The Morgan fingerprint density at radius 1 is 1.50 bits per heavy atom. The Morgan fingerprint density at radius 3 is 2.94 bits per heavy atom. The molecule has 0 aliphatic heterocycles. The Morgan fingerprint density at radius 2 is 2.28 bits per heavy atom. The van der Waals surface area contributed by atoms with Gasteiger partial charge in [0.1, 0.15) is 5.82 Å². The molecule has 18 heavy (non-hydrogen) atoms. The van der Waals surface area contributed by atoms with Crippen LogP contribution in [-0.4, -0.2) is 10.1 Å². The molecule has 1 unspecified atom stereocenters. The molecule has 0 saturated carbocycles. The van der Waals surface area contributed by atoms with E-state index in [4.69, 9.17) is 21.9 Å². The third-order valence-corrected chi connectivity index (χ3v) is 2.84. The molecule has 2 rings (SSSR count). The normalized spacial score (nSPS) is 12.7. The van der Waals surface area contributed by atoms with E-state index in [1.807, 2.05) is 6.92 Å². The average molecular weight is 270 g/mol. The Kier molecular flexibility index (Phi) is 3.93. The van der Waals surface area contributed by atoms with Crippen LogP contribution >= 0.6 is 11.6 Å². The Labute approximate surface area is 109 Å². The Bertz CT molecular complexity index is 544. The lowest BCUT2D eigenvalue weighted by atomic mass is 10.1. The summed E-state index contributed by atoms with van der Waals surface area (Å²) in [5.41, 5.74) is 6.51. The largest absolute Gasteiger partial charge is 0.339 e. The first-order chi connectivity index (χ1) is 8.61. The van der Waals surface area contributed by atoms with Crippen LogP contribution in [0.2, 0.25) is 5.02 Å². The van der Waals surface area contributed by atoms with Gasteiger partial charge >= 0.3 is 0 Å². The molecule has 0 aliphatic carbocycles. The van der Waals surface area contributed by atoms with Gasteiger partial charge in [-0.15, -0.1) is 0 Å². The van der Waals surface area contributed by atoms with Crippen molar-refractivity contribution in [3.05, 3.63) is 46.3 Å². The molecule has 0 saturated heterocycles. The van der Waals surface area contributed by atoms with Crippen molar-refractivity contribution in [3.8, 4) is 0 Å². The van der Waals surface area contributed by atoms with E-state index in [-0.39, 0.29) is 5.02 Å². The monoisotopic (exact) mass is 269 g/mol. The molecule has 0 fully saturated rings. The van der Waals surface area contributed by atoms with Crippen molar-refractivity contribution in [3.63, 3.8) is 0 Å². The molecule has 1 heterocycles. The zero-order valence-electron chi connectivity index (χ0n) is 9.86. The van der Waals surface area contributed by atoms with Crippen LogP contribution in [0.4, 0.5) is 4.39 Å². The molecular weight excluding hydrogens is 257 g/mol. The molecule has 0 spiro atoms. The first kappa shape index (κ1) is 13.0. The second kappa shape index (κ2) is 5.46. The topological polar surface area (TPSA) is 64.9 Å². The number of halogens is 2. The number of rotatable bonds is 4. The molecule has 1 aromatic heterocycles. The van der Waals surface area contributed by atoms with Gasteiger partial charge in [0.25, 0.3) is 0 Å². The molecule has 0 amide bonds. The lowest BCUT2D eigenvalue weighted by Crippen LogP contribution is -2.14. The van der Waals surface area contributed by atoms with E-state index >= 15 is 0 Å². The molecule has 1 aromatic carbocycles. The highest BCUT2D eigenvalue weighted by molar-refractivity contribution is 6.30. The highest BCUT2D eigenvalue weighted by atomic mass is 35.5. The lowest BCUT2D eigenvalue weighted by Gasteiger charge is -2.07. The van der Waals surface area contributed by atoms with Gasteiger partial charge in [-0.2, -0.15) is 4.98 Å². The summed E-state index contributed by atoms with van der Waals surface area (Å²) >= 11 is 5.61. The minimum atomic E-state index is -0.619. The van der Waals surface area contributed by atoms with E-state index < -0.39 is 11.9 Å². The first-order valence-corrected chi connectivity index (χ1v) is 6.02. The summed E-state index contributed by atoms with van der Waals surface area (Å²) < 4.78 is 18.4. The van der Waals surface area contributed by atoms with Gasteiger partial charge in [0.15, 0.2) is 5.82 Å². The quantitative estimate of drug-likeness (QED) is 0.927. The third kappa shape index (κ3) is 2.68. The van der Waals surface area contributed by atoms with Crippen molar-refractivity contribution >= 4 is 11.6 Å². The maximum atomic E-state index is 13.3. The van der Waals surface area contributed by atoms with Gasteiger partial charge < -0.3 is 10.3 Å². The van der Waals surface area contributed by atoms with Crippen LogP contribution in [0.25, 0.3) is 0 Å². The fourth-order valence-electron chi connectivity index (χ4n) is 1.56. The summed E-state index contributed by atoms with van der Waals surface area (Å²) in [4.78, 5) is 4.17. The number of aryl methyl sites for hydroxylation is 1. The average Bonchev–Trinajstić information content (AvgIpc) is 2.81. The molecule has 6 heteroatoms. The van der Waals surface area contributed by atoms with Gasteiger partial charge in [-0.1, -0.05) is 29.7 Å². The number of aromatic nitrogens is 2. The summed E-state index contributed by atoms with van der Waals surface area (Å²) in [5, 5.41) is 3.86. The molecule has 1 atom stereocenters. The van der Waals surface area contributed by atoms with Crippen molar-refractivity contribution in [2.24, 2.45) is 5.73 Å². The second-order valence-corrected chi connectivity index (χ2v) is 4.35. The standard InChI is InChI=1S/C12H13ClFN3O/c1-2-3-10-16-12(17-18-10)11(15)7-4-5-8(13)9(14)6-7/h4-6,11H,2-3,15H2,1H3. The fraction of sp³-hybridized carbons (Fsp3) is 0.333. The van der Waals surface area contributed by atoms with Crippen molar-refractivity contribution in [1.82, 2.24) is 10.1 Å². The number of benzene rings is 1. The molecule has 0 aliphatic rings. The zero-order chi connectivity index (χ0) is 13.1. The van der Waals surface area contributed by atoms with E-state index in [2.05, 4.69) is 10.1 Å². The molecule has 0 bridgehead atoms. The summed E-state index contributed by atoms with van der Waals surface area (Å²) in [5.74, 6) is 0.374. The van der Waals surface area contributed by atoms with Crippen LogP contribution in [0.3, 0.4) is 0 Å². The van der Waals surface area contributed by atoms with Crippen LogP contribution in [0.15, 0.2) is 22.7 Å². The molecule has 4 nitrogen and oxygen atoms in total. The van der Waals surface area contributed by atoms with Gasteiger partial charge in [-0.3, -0.25) is 0 Å². The minimum absolute atomic E-state index is 0.0609. The number of nitrogens with two attached hydrogens (primary N) is 1. The Balaban J connectivity index is 2.23. The highest BCUT2D eigenvalue weighted by Gasteiger charge is 2.17. The SMILES string of the molecule is CCCc1nc(C(N)c2ccc(Cl)c(F)c2)no1. The van der Waals surface area contributed by atoms with Crippen molar-refractivity contribution in [1.29, 1.82) is 0 Å². The van der Waals surface area contributed by atoms with Crippen molar-refractivity contribution in [2.45, 2.75) is 25.8 Å². The van der Waals surface area contributed by atoms with E-state index in [1.165, 1.54) is 12.1 Å². The summed E-state index contributed by atoms with van der Waals surface area (Å²) in [6.07, 6.45) is 1.61. The fourth-order valence-corrected chi connectivity index (χ4v) is 1.68. The number of hydrogen-bond acceptors (Lipinski definition) is 4. The zero-order valence-corrected chi connectivity index (χ0v) is 10.6. The highest BCUT2D eigenvalue weighted by Crippen LogP contribution is 2.22. The predicted molar refractivity (Wildman–Crippen MR) is 65.7 cm³/mol. The van der Waals surface area contributed by atoms with E-state index in [0.717, 1.165) is 6.42 Å². The van der Waals surface area contributed by atoms with Crippen molar-refractivity contribution < 1.29 is 8.91 Å². The molecular formula is C12H13ClFN3O. The van der Waals surface area contributed by atoms with Crippen LogP contribution in [0, 0.1) is 5.82 Å². The lowest BCUT2D eigenvalue weighted by molar-refractivity contribution is 0.370. The van der Waals surface area contributed by atoms with E-state index in [0.29, 0.717) is 23.7 Å². The molecule has 96 valence electrons. The maximum Gasteiger partial charge on any atom is 0.226 e. The van der Waals surface area contributed by atoms with Crippen LogP contribution in [0.5, 0.6) is 0 Å². The van der Waals surface area contributed by atoms with Crippen LogP contribution < -0.4 is 5.73 Å². The summed E-state index contributed by atoms with van der Waals surface area (Å²) in [6, 6.07) is 3.76. The van der Waals surface area contributed by atoms with Gasteiger partial charge in [0, 0.05) is 6.42 Å². The van der Waals surface area contributed by atoms with Gasteiger partial charge in [0.2, 0.25) is 5.89 Å². The molecule has 2 N–H and O–H groups in total. The smallest absolute Gasteiger partial charge is 0.226 e.